The van der Waals surface area contributed by atoms with Gasteiger partial charge in [0.1, 0.15) is 12.4 Å². The number of hydrogen-bond donors (Lipinski definition) is 3. The van der Waals surface area contributed by atoms with E-state index in [0.717, 1.165) is 49.5 Å². The number of aliphatic hydroxyl groups excluding tert-OH is 1. The first-order valence-corrected chi connectivity index (χ1v) is 12.7. The van der Waals surface area contributed by atoms with Crippen LogP contribution in [0.25, 0.3) is 0 Å². The van der Waals surface area contributed by atoms with E-state index in [-0.39, 0.29) is 6.61 Å². The van der Waals surface area contributed by atoms with Crippen LogP contribution in [0.2, 0.25) is 5.02 Å². The second-order valence-corrected chi connectivity index (χ2v) is 9.35. The zero-order valence-corrected chi connectivity index (χ0v) is 23.7. The number of hydrogen-bond acceptors (Lipinski definition) is 9. The molecule has 3 rings (SSSR count). The lowest BCUT2D eigenvalue weighted by Crippen LogP contribution is -2.47. The van der Waals surface area contributed by atoms with Crippen molar-refractivity contribution in [3.8, 4) is 23.0 Å². The maximum absolute atomic E-state index is 10.4. The van der Waals surface area contributed by atoms with Gasteiger partial charge in [0, 0.05) is 50.5 Å². The van der Waals surface area contributed by atoms with Gasteiger partial charge in [-0.15, -0.1) is 0 Å². The van der Waals surface area contributed by atoms with Crippen LogP contribution in [0, 0.1) is 13.8 Å². The average Bonchev–Trinajstić information content (AvgIpc) is 2.92. The number of anilines is 1. The van der Waals surface area contributed by atoms with Gasteiger partial charge < -0.3 is 39.2 Å². The normalized spacial score (nSPS) is 14.1. The lowest BCUT2D eigenvalue weighted by Gasteiger charge is -2.36. The van der Waals surface area contributed by atoms with E-state index in [1.165, 1.54) is 0 Å². The monoisotopic (exact) mass is 568 g/mol. The summed E-state index contributed by atoms with van der Waals surface area (Å²) in [6.07, 6.45) is 0.0999. The van der Waals surface area contributed by atoms with Gasteiger partial charge in [0.15, 0.2) is 11.5 Å². The molecule has 1 unspecified atom stereocenters. The van der Waals surface area contributed by atoms with Crippen molar-refractivity contribution in [1.82, 2.24) is 4.90 Å². The van der Waals surface area contributed by atoms with Crippen molar-refractivity contribution >= 4 is 29.2 Å². The van der Waals surface area contributed by atoms with Crippen LogP contribution in [0.4, 0.5) is 5.69 Å². The summed E-state index contributed by atoms with van der Waals surface area (Å²) >= 11 is 6.26. The van der Waals surface area contributed by atoms with E-state index in [0.29, 0.717) is 34.4 Å². The lowest BCUT2D eigenvalue weighted by molar-refractivity contribution is -0.159. The van der Waals surface area contributed by atoms with Crippen molar-refractivity contribution < 1.29 is 43.9 Å². The quantitative estimate of drug-likeness (QED) is 0.364. The summed E-state index contributed by atoms with van der Waals surface area (Å²) in [7, 11) is 4.86. The number of ether oxygens (including phenoxy) is 4. The first kappa shape index (κ1) is 31.8. The molecule has 0 aromatic heterocycles. The molecule has 216 valence electrons. The molecular formula is C27H37ClN2O9. The van der Waals surface area contributed by atoms with Gasteiger partial charge in [0.25, 0.3) is 0 Å². The number of halogens is 1. The molecule has 2 aromatic carbocycles. The number of rotatable bonds is 10. The van der Waals surface area contributed by atoms with Crippen LogP contribution in [-0.4, -0.2) is 98.9 Å². The molecule has 11 nitrogen and oxygen atoms in total. The van der Waals surface area contributed by atoms with Gasteiger partial charge in [0.05, 0.1) is 32.5 Å². The lowest BCUT2D eigenvalue weighted by atomic mass is 10.1. The van der Waals surface area contributed by atoms with E-state index >= 15 is 0 Å². The van der Waals surface area contributed by atoms with Crippen molar-refractivity contribution in [2.75, 3.05) is 65.6 Å². The fraction of sp³-hybridized carbons (Fsp3) is 0.481. The summed E-state index contributed by atoms with van der Waals surface area (Å²) in [6, 6.07) is 7.78. The minimum atomic E-state index is -1.82. The zero-order valence-electron chi connectivity index (χ0n) is 22.9. The SMILES string of the molecule is COc1cc(N2CCN(CCC(O)COc3cc(C)c(C)cc3Cl)CC2)cc(OC)c1OC.O=C(O)C(=O)O. The molecule has 0 saturated carbocycles. The van der Waals surface area contributed by atoms with Gasteiger partial charge in [0.2, 0.25) is 5.75 Å². The number of benzene rings is 2. The van der Waals surface area contributed by atoms with E-state index in [2.05, 4.69) is 9.80 Å². The molecule has 39 heavy (non-hydrogen) atoms. The largest absolute Gasteiger partial charge is 0.493 e. The third-order valence-electron chi connectivity index (χ3n) is 6.33. The van der Waals surface area contributed by atoms with Crippen LogP contribution in [0.3, 0.4) is 0 Å². The smallest absolute Gasteiger partial charge is 0.414 e. The molecule has 0 amide bonds. The summed E-state index contributed by atoms with van der Waals surface area (Å²) < 4.78 is 22.2. The van der Waals surface area contributed by atoms with Crippen LogP contribution in [0.5, 0.6) is 23.0 Å². The first-order chi connectivity index (χ1) is 18.5. The number of carbonyl (C=O) groups is 2. The molecule has 12 heteroatoms. The number of aryl methyl sites for hydroxylation is 2. The number of aliphatic hydroxyl groups is 1. The van der Waals surface area contributed by atoms with Crippen LogP contribution in [0.1, 0.15) is 17.5 Å². The van der Waals surface area contributed by atoms with Gasteiger partial charge in [-0.25, -0.2) is 9.59 Å². The molecule has 0 bridgehead atoms. The topological polar surface area (TPSA) is 138 Å². The maximum Gasteiger partial charge on any atom is 0.414 e. The van der Waals surface area contributed by atoms with Crippen LogP contribution in [0.15, 0.2) is 24.3 Å². The maximum atomic E-state index is 10.4. The summed E-state index contributed by atoms with van der Waals surface area (Å²) in [5.41, 5.74) is 3.29. The summed E-state index contributed by atoms with van der Waals surface area (Å²) in [5, 5.41) is 25.8. The van der Waals surface area contributed by atoms with E-state index in [9.17, 15) is 5.11 Å². The van der Waals surface area contributed by atoms with Gasteiger partial charge in [-0.2, -0.15) is 0 Å². The number of carboxylic acid groups (broad SMARTS) is 2. The first-order valence-electron chi connectivity index (χ1n) is 12.3. The van der Waals surface area contributed by atoms with Crippen LogP contribution >= 0.6 is 11.6 Å². The van der Waals surface area contributed by atoms with E-state index < -0.39 is 18.0 Å². The van der Waals surface area contributed by atoms with Crippen LogP contribution in [-0.2, 0) is 9.59 Å². The van der Waals surface area contributed by atoms with Gasteiger partial charge in [-0.05, 0) is 43.5 Å². The Labute approximate surface area is 233 Å². The standard InChI is InChI=1S/C25H35ClN2O5.C2H2O4/c1-17-12-21(26)22(13-18(17)2)33-16-20(29)6-7-27-8-10-28(11-9-27)19-14-23(30-3)25(32-5)24(15-19)31-4;3-1(4)2(5)6/h12-15,20,29H,6-11,16H2,1-5H3;(H,3,4)(H,5,6). The van der Waals surface area contributed by atoms with Crippen molar-refractivity contribution in [3.63, 3.8) is 0 Å². The minimum Gasteiger partial charge on any atom is -0.493 e. The van der Waals surface area contributed by atoms with Gasteiger partial charge in [-0.3, -0.25) is 4.90 Å². The van der Waals surface area contributed by atoms with Crippen molar-refractivity contribution in [3.05, 3.63) is 40.4 Å². The van der Waals surface area contributed by atoms with Crippen molar-refractivity contribution in [1.29, 1.82) is 0 Å². The molecule has 1 aliphatic heterocycles. The molecule has 1 heterocycles. The Morgan fingerprint density at radius 2 is 1.41 bits per heavy atom. The highest BCUT2D eigenvalue weighted by Crippen LogP contribution is 2.41. The molecule has 0 aliphatic carbocycles. The molecular weight excluding hydrogens is 532 g/mol. The summed E-state index contributed by atoms with van der Waals surface area (Å²) in [5.74, 6) is -1.12. The predicted octanol–water partition coefficient (Wildman–Crippen LogP) is 3.09. The fourth-order valence-corrected chi connectivity index (χ4v) is 4.22. The highest BCUT2D eigenvalue weighted by Gasteiger charge is 2.21. The van der Waals surface area contributed by atoms with E-state index in [1.54, 1.807) is 21.3 Å². The predicted molar refractivity (Wildman–Crippen MR) is 147 cm³/mol. The number of piperazine rings is 1. The van der Waals surface area contributed by atoms with Gasteiger partial charge >= 0.3 is 11.9 Å². The number of methoxy groups -OCH3 is 3. The highest BCUT2D eigenvalue weighted by molar-refractivity contribution is 6.32. The Hall–Kier alpha value is -3.41. The summed E-state index contributed by atoms with van der Waals surface area (Å²) in [6.45, 7) is 8.66. The number of carboxylic acids is 2. The molecule has 1 atom stereocenters. The Bertz CT molecular complexity index is 1080. The molecule has 1 fully saturated rings. The third-order valence-corrected chi connectivity index (χ3v) is 6.62. The second kappa shape index (κ2) is 15.2. The van der Waals surface area contributed by atoms with Crippen molar-refractivity contribution in [2.24, 2.45) is 0 Å². The zero-order chi connectivity index (χ0) is 29.1. The van der Waals surface area contributed by atoms with E-state index in [4.69, 9.17) is 50.4 Å². The molecule has 1 saturated heterocycles. The Morgan fingerprint density at radius 1 is 0.872 bits per heavy atom. The van der Waals surface area contributed by atoms with Gasteiger partial charge in [-0.1, -0.05) is 11.6 Å². The minimum absolute atomic E-state index is 0.230. The Kier molecular flexibility index (Phi) is 12.4. The molecule has 3 N–H and O–H groups in total. The van der Waals surface area contributed by atoms with Crippen molar-refractivity contribution in [2.45, 2.75) is 26.4 Å². The second-order valence-electron chi connectivity index (χ2n) is 8.94. The molecule has 0 radical (unpaired) electrons. The Balaban J connectivity index is 0.000000798. The Morgan fingerprint density at radius 3 is 1.90 bits per heavy atom. The van der Waals surface area contributed by atoms with Crippen LogP contribution < -0.4 is 23.8 Å². The number of nitrogens with zero attached hydrogens (tertiary/aromatic N) is 2. The molecule has 2 aromatic rings. The third kappa shape index (κ3) is 9.38. The molecule has 1 aliphatic rings. The fourth-order valence-electron chi connectivity index (χ4n) is 3.95. The molecule has 0 spiro atoms. The highest BCUT2D eigenvalue weighted by atomic mass is 35.5. The van der Waals surface area contributed by atoms with E-state index in [1.807, 2.05) is 38.1 Å². The summed E-state index contributed by atoms with van der Waals surface area (Å²) in [4.78, 5) is 22.9. The number of aliphatic carboxylic acids is 2. The average molecular weight is 569 g/mol.